The van der Waals surface area contributed by atoms with Crippen molar-refractivity contribution < 1.29 is 19.1 Å². The maximum absolute atomic E-state index is 16.0. The number of aromatic nitrogens is 3. The van der Waals surface area contributed by atoms with E-state index >= 15 is 4.39 Å². The van der Waals surface area contributed by atoms with Crippen molar-refractivity contribution in [3.05, 3.63) is 92.4 Å². The average Bonchev–Trinajstić information content (AvgIpc) is 3.39. The van der Waals surface area contributed by atoms with E-state index in [1.165, 1.54) is 6.20 Å². The molecule has 8 rings (SSSR count). The molecule has 0 radical (unpaired) electrons. The maximum Gasteiger partial charge on any atom is 0.336 e. The highest BCUT2D eigenvalue weighted by Gasteiger charge is 2.69. The van der Waals surface area contributed by atoms with Crippen LogP contribution in [-0.4, -0.2) is 48.8 Å². The van der Waals surface area contributed by atoms with Crippen LogP contribution < -0.4 is 5.32 Å². The SMILES string of the molecule is C.Cc1cn2c3c(nc2cc1C(=O)O)[C@@H]1[C@H](C3)N(CC2CC2)[C@@]2(C(=O)Nc3cc(Cl)ccc32)[C@H]1c1ccnc(Cl)c1F. The van der Waals surface area contributed by atoms with E-state index in [2.05, 4.69) is 15.2 Å². The molecule has 1 aromatic carbocycles. The monoisotopic (exact) mass is 607 g/mol. The van der Waals surface area contributed by atoms with Gasteiger partial charge in [-0.1, -0.05) is 36.7 Å². The normalized spacial score (nSPS) is 25.8. The predicted molar refractivity (Wildman–Crippen MR) is 157 cm³/mol. The van der Waals surface area contributed by atoms with Crippen LogP contribution in [0, 0.1) is 18.7 Å². The summed E-state index contributed by atoms with van der Waals surface area (Å²) in [7, 11) is 0. The summed E-state index contributed by atoms with van der Waals surface area (Å²) in [4.78, 5) is 37.5. The highest BCUT2D eigenvalue weighted by Crippen LogP contribution is 2.65. The highest BCUT2D eigenvalue weighted by molar-refractivity contribution is 6.31. The van der Waals surface area contributed by atoms with E-state index in [-0.39, 0.29) is 36.0 Å². The third kappa shape index (κ3) is 3.50. The molecule has 216 valence electrons. The minimum atomic E-state index is -1.22. The number of amides is 1. The number of aryl methyl sites for hydroxylation is 1. The van der Waals surface area contributed by atoms with Crippen LogP contribution in [-0.2, 0) is 16.8 Å². The number of nitrogens with one attached hydrogen (secondary N) is 1. The van der Waals surface area contributed by atoms with Crippen LogP contribution >= 0.6 is 23.2 Å². The Morgan fingerprint density at radius 3 is 2.76 bits per heavy atom. The van der Waals surface area contributed by atoms with E-state index in [9.17, 15) is 14.7 Å². The lowest BCUT2D eigenvalue weighted by Gasteiger charge is -2.40. The third-order valence-electron chi connectivity index (χ3n) is 9.47. The van der Waals surface area contributed by atoms with Crippen molar-refractivity contribution in [3.63, 3.8) is 0 Å². The van der Waals surface area contributed by atoms with Crippen molar-refractivity contribution in [2.24, 2.45) is 5.92 Å². The Labute approximate surface area is 251 Å². The fourth-order valence-electron chi connectivity index (χ4n) is 7.68. The lowest BCUT2D eigenvalue weighted by atomic mass is 9.71. The van der Waals surface area contributed by atoms with Gasteiger partial charge in [0, 0.05) is 65.2 Å². The van der Waals surface area contributed by atoms with E-state index in [0.717, 1.165) is 29.8 Å². The fourth-order valence-corrected chi connectivity index (χ4v) is 8.02. The van der Waals surface area contributed by atoms with Crippen LogP contribution in [0.25, 0.3) is 5.65 Å². The van der Waals surface area contributed by atoms with Crippen LogP contribution in [0.2, 0.25) is 10.2 Å². The topological polar surface area (TPSA) is 99.8 Å². The second-order valence-electron chi connectivity index (χ2n) is 11.6. The number of carbonyl (C=O) groups is 2. The number of hydrogen-bond acceptors (Lipinski definition) is 5. The van der Waals surface area contributed by atoms with Crippen LogP contribution in [0.4, 0.5) is 10.1 Å². The van der Waals surface area contributed by atoms with Gasteiger partial charge in [-0.25, -0.2) is 19.2 Å². The Morgan fingerprint density at radius 2 is 2.02 bits per heavy atom. The van der Waals surface area contributed by atoms with Gasteiger partial charge in [-0.2, -0.15) is 0 Å². The molecule has 5 heterocycles. The zero-order valence-corrected chi connectivity index (χ0v) is 23.4. The second-order valence-corrected chi connectivity index (χ2v) is 12.4. The Kier molecular flexibility index (Phi) is 6.00. The first kappa shape index (κ1) is 27.3. The van der Waals surface area contributed by atoms with E-state index < -0.39 is 23.2 Å². The molecule has 1 saturated carbocycles. The van der Waals surface area contributed by atoms with Gasteiger partial charge < -0.3 is 14.8 Å². The molecule has 4 aromatic rings. The van der Waals surface area contributed by atoms with Gasteiger partial charge in [-0.3, -0.25) is 9.69 Å². The first-order valence-corrected chi connectivity index (χ1v) is 14.4. The van der Waals surface area contributed by atoms with Crippen molar-refractivity contribution in [2.45, 2.75) is 57.0 Å². The fraction of sp³-hybridized carbons (Fsp3) is 0.355. The lowest BCUT2D eigenvalue weighted by Crippen LogP contribution is -2.53. The van der Waals surface area contributed by atoms with Crippen LogP contribution in [0.1, 0.15) is 70.5 Å². The molecule has 8 nitrogen and oxygen atoms in total. The molecule has 4 aliphatic rings. The summed E-state index contributed by atoms with van der Waals surface area (Å²) >= 11 is 12.6. The summed E-state index contributed by atoms with van der Waals surface area (Å²) < 4.78 is 18.0. The van der Waals surface area contributed by atoms with Crippen molar-refractivity contribution in [1.82, 2.24) is 19.3 Å². The van der Waals surface area contributed by atoms with Gasteiger partial charge in [0.05, 0.1) is 11.3 Å². The number of halogens is 3. The number of rotatable bonds is 4. The summed E-state index contributed by atoms with van der Waals surface area (Å²) in [6, 6.07) is 8.44. The molecule has 4 atom stereocenters. The Hall–Kier alpha value is -3.53. The number of anilines is 1. The number of carboxylic acids is 1. The second kappa shape index (κ2) is 9.23. The van der Waals surface area contributed by atoms with Gasteiger partial charge in [-0.15, -0.1) is 0 Å². The molecule has 0 bridgehead atoms. The number of nitrogens with zero attached hydrogens (tertiary/aromatic N) is 4. The number of likely N-dealkylation sites (tertiary alicyclic amines) is 1. The highest BCUT2D eigenvalue weighted by atomic mass is 35.5. The zero-order valence-electron chi connectivity index (χ0n) is 21.9. The molecule has 2 aliphatic carbocycles. The summed E-state index contributed by atoms with van der Waals surface area (Å²) in [5, 5.41) is 13.0. The molecule has 1 spiro atoms. The Bertz CT molecular complexity index is 1840. The number of carboxylic acid groups (broad SMARTS) is 1. The number of pyridine rings is 2. The first-order chi connectivity index (χ1) is 19.7. The standard InChI is InChI=1S/C30H24Cl2FN5O3.CH4/c1-13-11-37-21-10-20-23(26(21)36-22(37)9-17(13)28(39)40)24(16-6-7-34-27(32)25(16)33)30(38(20)12-14-2-3-14)18-5-4-15(31)8-19(18)35-29(30)41;/h4-9,11,14,20,23-24H,2-3,10,12H2,1H3,(H,35,41)(H,39,40);1H4/t20-,23+,24-,30+;/m0./s1. The zero-order chi connectivity index (χ0) is 28.4. The van der Waals surface area contributed by atoms with Gasteiger partial charge in [0.25, 0.3) is 0 Å². The van der Waals surface area contributed by atoms with E-state index in [1.807, 2.05) is 16.7 Å². The maximum atomic E-state index is 16.0. The summed E-state index contributed by atoms with van der Waals surface area (Å²) in [5.74, 6) is -2.50. The number of fused-ring (bicyclic) bond motifs is 7. The minimum Gasteiger partial charge on any atom is -0.478 e. The van der Waals surface area contributed by atoms with Crippen molar-refractivity contribution in [3.8, 4) is 0 Å². The minimum absolute atomic E-state index is 0. The number of hydrogen-bond donors (Lipinski definition) is 2. The Balaban J connectivity index is 0.00000288. The van der Waals surface area contributed by atoms with Gasteiger partial charge in [0.2, 0.25) is 5.91 Å². The summed E-state index contributed by atoms with van der Waals surface area (Å²) in [5.41, 5.74) is 3.48. The van der Waals surface area contributed by atoms with Crippen LogP contribution in [0.5, 0.6) is 0 Å². The van der Waals surface area contributed by atoms with Crippen molar-refractivity contribution in [1.29, 1.82) is 0 Å². The van der Waals surface area contributed by atoms with Gasteiger partial charge in [0.15, 0.2) is 11.0 Å². The lowest BCUT2D eigenvalue weighted by molar-refractivity contribution is -0.128. The first-order valence-electron chi connectivity index (χ1n) is 13.6. The quantitative estimate of drug-likeness (QED) is 0.269. The van der Waals surface area contributed by atoms with Crippen LogP contribution in [0.15, 0.2) is 42.7 Å². The van der Waals surface area contributed by atoms with E-state index in [4.69, 9.17) is 28.2 Å². The molecule has 1 saturated heterocycles. The molecule has 42 heavy (non-hydrogen) atoms. The molecule has 2 N–H and O–H groups in total. The van der Waals surface area contributed by atoms with Gasteiger partial charge >= 0.3 is 5.97 Å². The molecule has 2 fully saturated rings. The smallest absolute Gasteiger partial charge is 0.336 e. The molecular weight excluding hydrogens is 580 g/mol. The third-order valence-corrected chi connectivity index (χ3v) is 9.96. The van der Waals surface area contributed by atoms with Gasteiger partial charge in [0.1, 0.15) is 11.2 Å². The average molecular weight is 609 g/mol. The molecule has 0 unspecified atom stereocenters. The predicted octanol–water partition coefficient (Wildman–Crippen LogP) is 6.18. The summed E-state index contributed by atoms with van der Waals surface area (Å²) in [6.45, 7) is 2.45. The number of aromatic carboxylic acids is 1. The van der Waals surface area contributed by atoms with Crippen molar-refractivity contribution in [2.75, 3.05) is 11.9 Å². The molecule has 11 heteroatoms. The molecule has 1 amide bonds. The number of benzene rings is 1. The molecular formula is C31H28Cl2FN5O3. The molecule has 2 aliphatic heterocycles. The largest absolute Gasteiger partial charge is 0.478 e. The van der Waals surface area contributed by atoms with E-state index in [1.54, 1.807) is 31.2 Å². The number of imidazole rings is 1. The van der Waals surface area contributed by atoms with Crippen LogP contribution in [0.3, 0.4) is 0 Å². The molecule has 3 aromatic heterocycles. The van der Waals surface area contributed by atoms with Crippen molar-refractivity contribution >= 4 is 46.4 Å². The van der Waals surface area contributed by atoms with Gasteiger partial charge in [-0.05, 0) is 61.1 Å². The Morgan fingerprint density at radius 1 is 1.24 bits per heavy atom. The van der Waals surface area contributed by atoms with E-state index in [0.29, 0.717) is 46.4 Å². The number of carbonyl (C=O) groups excluding carboxylic acids is 1. The summed E-state index contributed by atoms with van der Waals surface area (Å²) in [6.07, 6.45) is 6.02.